The van der Waals surface area contributed by atoms with Gasteiger partial charge in [-0.25, -0.2) is 0 Å². The maximum atomic E-state index is 9.89. The van der Waals surface area contributed by atoms with Crippen LogP contribution in [0.3, 0.4) is 0 Å². The first-order valence-electron chi connectivity index (χ1n) is 4.32. The van der Waals surface area contributed by atoms with Gasteiger partial charge in [-0.15, -0.1) is 0 Å². The van der Waals surface area contributed by atoms with Crippen molar-refractivity contribution in [2.45, 2.75) is 33.3 Å². The van der Waals surface area contributed by atoms with E-state index in [9.17, 15) is 5.11 Å². The molecule has 0 atom stereocenters. The molecule has 0 saturated carbocycles. The summed E-state index contributed by atoms with van der Waals surface area (Å²) in [6, 6.07) is 4.11. The van der Waals surface area contributed by atoms with Crippen molar-refractivity contribution in [3.05, 3.63) is 33.3 Å². The fraction of sp³-hybridized carbons (Fsp3) is 0.455. The highest BCUT2D eigenvalue weighted by molar-refractivity contribution is 9.10. The summed E-state index contributed by atoms with van der Waals surface area (Å²) in [5.41, 5.74) is 2.51. The lowest BCUT2D eigenvalue weighted by atomic mass is 9.95. The van der Waals surface area contributed by atoms with Gasteiger partial charge in [0.2, 0.25) is 0 Å². The highest BCUT2D eigenvalue weighted by atomic mass is 79.9. The molecule has 13 heavy (non-hydrogen) atoms. The maximum Gasteiger partial charge on any atom is 0.0851 e. The molecule has 0 amide bonds. The molecule has 1 nitrogen and oxygen atoms in total. The van der Waals surface area contributed by atoms with Crippen LogP contribution in [0.25, 0.3) is 0 Å². The van der Waals surface area contributed by atoms with Crippen molar-refractivity contribution in [1.29, 1.82) is 0 Å². The Kier molecular flexibility index (Phi) is 2.83. The molecule has 0 aliphatic heterocycles. The van der Waals surface area contributed by atoms with Crippen molar-refractivity contribution in [3.8, 4) is 0 Å². The summed E-state index contributed by atoms with van der Waals surface area (Å²) in [6.07, 6.45) is 0. The van der Waals surface area contributed by atoms with Crippen LogP contribution in [0.15, 0.2) is 16.6 Å². The first kappa shape index (κ1) is 10.7. The Labute approximate surface area is 87.9 Å². The van der Waals surface area contributed by atoms with Crippen LogP contribution in [0.2, 0.25) is 0 Å². The molecule has 72 valence electrons. The van der Waals surface area contributed by atoms with E-state index in [0.717, 1.165) is 15.6 Å². The largest absolute Gasteiger partial charge is 0.386 e. The zero-order valence-corrected chi connectivity index (χ0v) is 10.1. The van der Waals surface area contributed by atoms with E-state index in [4.69, 9.17) is 0 Å². The second-order valence-corrected chi connectivity index (χ2v) is 4.80. The van der Waals surface area contributed by atoms with E-state index in [1.807, 2.05) is 19.9 Å². The molecule has 1 aromatic carbocycles. The predicted octanol–water partition coefficient (Wildman–Crippen LogP) is 3.29. The molecule has 1 aromatic rings. The normalized spacial score (nSPS) is 11.8. The maximum absolute atomic E-state index is 9.89. The first-order valence-corrected chi connectivity index (χ1v) is 5.11. The Morgan fingerprint density at radius 3 is 2.23 bits per heavy atom. The standard InChI is InChI=1S/C11H15BrO/c1-7-5-8(2)10(12)9(6-7)11(3,4)13/h5-6,13H,1-4H3. The highest BCUT2D eigenvalue weighted by Crippen LogP contribution is 2.31. The Hall–Kier alpha value is -0.340. The number of hydrogen-bond acceptors (Lipinski definition) is 1. The summed E-state index contributed by atoms with van der Waals surface area (Å²) in [7, 11) is 0. The van der Waals surface area contributed by atoms with Crippen LogP contribution in [0.4, 0.5) is 0 Å². The number of benzene rings is 1. The number of rotatable bonds is 1. The average Bonchev–Trinajstić information content (AvgIpc) is 1.94. The number of aryl methyl sites for hydroxylation is 2. The monoisotopic (exact) mass is 242 g/mol. The minimum absolute atomic E-state index is 0.782. The van der Waals surface area contributed by atoms with Gasteiger partial charge in [-0.05, 0) is 38.8 Å². The molecule has 1 rings (SSSR count). The Balaban J connectivity index is 3.37. The van der Waals surface area contributed by atoms with E-state index in [0.29, 0.717) is 0 Å². The molecule has 1 N–H and O–H groups in total. The third kappa shape index (κ3) is 2.32. The van der Waals surface area contributed by atoms with Crippen molar-refractivity contribution in [2.24, 2.45) is 0 Å². The smallest absolute Gasteiger partial charge is 0.0851 e. The van der Waals surface area contributed by atoms with Crippen LogP contribution in [0.5, 0.6) is 0 Å². The van der Waals surface area contributed by atoms with Gasteiger partial charge in [-0.1, -0.05) is 33.6 Å². The van der Waals surface area contributed by atoms with Gasteiger partial charge in [0.05, 0.1) is 5.60 Å². The molecule has 0 bridgehead atoms. The van der Waals surface area contributed by atoms with Crippen molar-refractivity contribution in [3.63, 3.8) is 0 Å². The molecule has 0 aliphatic carbocycles. The van der Waals surface area contributed by atoms with Gasteiger partial charge in [0.15, 0.2) is 0 Å². The Bertz CT molecular complexity index is 324. The van der Waals surface area contributed by atoms with Crippen LogP contribution < -0.4 is 0 Å². The van der Waals surface area contributed by atoms with Crippen LogP contribution in [-0.2, 0) is 5.60 Å². The van der Waals surface area contributed by atoms with Crippen LogP contribution >= 0.6 is 15.9 Å². The number of hydrogen-bond donors (Lipinski definition) is 1. The second kappa shape index (κ2) is 3.43. The summed E-state index contributed by atoms with van der Waals surface area (Å²) in [4.78, 5) is 0. The minimum Gasteiger partial charge on any atom is -0.386 e. The number of aliphatic hydroxyl groups is 1. The van der Waals surface area contributed by atoms with Gasteiger partial charge >= 0.3 is 0 Å². The molecule has 0 aromatic heterocycles. The van der Waals surface area contributed by atoms with E-state index < -0.39 is 5.60 Å². The fourth-order valence-electron chi connectivity index (χ4n) is 1.40. The van der Waals surface area contributed by atoms with Crippen molar-refractivity contribution in [2.75, 3.05) is 0 Å². The van der Waals surface area contributed by atoms with Crippen LogP contribution in [0.1, 0.15) is 30.5 Å². The summed E-state index contributed by atoms with van der Waals surface area (Å²) in [6.45, 7) is 7.67. The number of halogens is 1. The quantitative estimate of drug-likeness (QED) is 0.802. The van der Waals surface area contributed by atoms with E-state index in [2.05, 4.69) is 22.0 Å². The lowest BCUT2D eigenvalue weighted by Crippen LogP contribution is -2.16. The zero-order valence-electron chi connectivity index (χ0n) is 8.48. The van der Waals surface area contributed by atoms with Gasteiger partial charge < -0.3 is 5.11 Å². The average molecular weight is 243 g/mol. The van der Waals surface area contributed by atoms with Crippen LogP contribution in [-0.4, -0.2) is 5.11 Å². The summed E-state index contributed by atoms with van der Waals surface area (Å²) < 4.78 is 1.01. The topological polar surface area (TPSA) is 20.2 Å². The van der Waals surface area contributed by atoms with Crippen LogP contribution in [0, 0.1) is 13.8 Å². The molecule has 2 heteroatoms. The van der Waals surface area contributed by atoms with Gasteiger partial charge in [0.1, 0.15) is 0 Å². The molecule has 0 fully saturated rings. The van der Waals surface area contributed by atoms with E-state index in [-0.39, 0.29) is 0 Å². The zero-order chi connectivity index (χ0) is 10.2. The summed E-state index contributed by atoms with van der Waals surface area (Å²) in [5, 5.41) is 9.89. The molecule has 0 heterocycles. The molecule has 0 spiro atoms. The lowest BCUT2D eigenvalue weighted by molar-refractivity contribution is 0.0777. The Morgan fingerprint density at radius 1 is 1.23 bits per heavy atom. The van der Waals surface area contributed by atoms with Crippen molar-refractivity contribution in [1.82, 2.24) is 0 Å². The van der Waals surface area contributed by atoms with Gasteiger partial charge in [-0.2, -0.15) is 0 Å². The summed E-state index contributed by atoms with van der Waals surface area (Å²) in [5.74, 6) is 0. The van der Waals surface area contributed by atoms with Gasteiger partial charge in [0.25, 0.3) is 0 Å². The van der Waals surface area contributed by atoms with Crippen molar-refractivity contribution >= 4 is 15.9 Å². The predicted molar refractivity (Wildman–Crippen MR) is 58.9 cm³/mol. The Morgan fingerprint density at radius 2 is 1.77 bits per heavy atom. The van der Waals surface area contributed by atoms with E-state index in [1.165, 1.54) is 5.56 Å². The molecule has 0 saturated heterocycles. The molecular weight excluding hydrogens is 228 g/mol. The first-order chi connectivity index (χ1) is 5.82. The third-order valence-corrected chi connectivity index (χ3v) is 3.11. The van der Waals surface area contributed by atoms with E-state index >= 15 is 0 Å². The molecular formula is C11H15BrO. The highest BCUT2D eigenvalue weighted by Gasteiger charge is 2.20. The SMILES string of the molecule is Cc1cc(C)c(Br)c(C(C)(C)O)c1. The minimum atomic E-state index is -0.782. The lowest BCUT2D eigenvalue weighted by Gasteiger charge is -2.21. The van der Waals surface area contributed by atoms with Gasteiger partial charge in [-0.3, -0.25) is 0 Å². The third-order valence-electron chi connectivity index (χ3n) is 2.06. The molecule has 0 radical (unpaired) electrons. The molecule has 0 unspecified atom stereocenters. The fourth-order valence-corrected chi connectivity index (χ4v) is 2.11. The second-order valence-electron chi connectivity index (χ2n) is 4.00. The van der Waals surface area contributed by atoms with Gasteiger partial charge in [0, 0.05) is 4.47 Å². The summed E-state index contributed by atoms with van der Waals surface area (Å²) >= 11 is 3.49. The van der Waals surface area contributed by atoms with E-state index in [1.54, 1.807) is 13.8 Å². The molecule has 0 aliphatic rings. The van der Waals surface area contributed by atoms with Crippen molar-refractivity contribution < 1.29 is 5.11 Å².